The highest BCUT2D eigenvalue weighted by atomic mass is 32.2. The van der Waals surface area contributed by atoms with Crippen LogP contribution in [0.25, 0.3) is 10.9 Å². The molecule has 1 aromatic heterocycles. The molecule has 6 heteroatoms. The van der Waals surface area contributed by atoms with Crippen LogP contribution in [0, 0.1) is 0 Å². The number of hydrogen-bond acceptors (Lipinski definition) is 5. The summed E-state index contributed by atoms with van der Waals surface area (Å²) in [5, 5.41) is 2.02. The Morgan fingerprint density at radius 3 is 3.05 bits per heavy atom. The molecule has 0 saturated heterocycles. The first-order valence-electron chi connectivity index (χ1n) is 6.38. The van der Waals surface area contributed by atoms with Gasteiger partial charge in [0.05, 0.1) is 12.0 Å². The van der Waals surface area contributed by atoms with Gasteiger partial charge in [0.2, 0.25) is 0 Å². The van der Waals surface area contributed by atoms with Crippen molar-refractivity contribution < 1.29 is 9.32 Å². The second-order valence-corrected chi connectivity index (χ2v) is 4.98. The summed E-state index contributed by atoms with van der Waals surface area (Å²) in [6, 6.07) is 8.11. The largest absolute Gasteiger partial charge is 0.348 e. The third kappa shape index (κ3) is 4.22. The van der Waals surface area contributed by atoms with Gasteiger partial charge in [0.1, 0.15) is 5.03 Å². The van der Waals surface area contributed by atoms with Crippen LogP contribution in [-0.4, -0.2) is 11.5 Å². The van der Waals surface area contributed by atoms with Crippen molar-refractivity contribution in [1.29, 1.82) is 0 Å². The molecule has 0 fully saturated rings. The molecule has 2 rings (SSSR count). The molecular weight excluding hydrogens is 262 g/mol. The fraction of sp³-hybridized carbons (Fsp3) is 0.385. The van der Waals surface area contributed by atoms with E-state index in [-0.39, 0.29) is 0 Å². The summed E-state index contributed by atoms with van der Waals surface area (Å²) in [5.74, 6) is 0. The second-order valence-electron chi connectivity index (χ2n) is 4.24. The van der Waals surface area contributed by atoms with Crippen LogP contribution in [0.15, 0.2) is 29.3 Å². The Morgan fingerprint density at radius 1 is 1.37 bits per heavy atom. The van der Waals surface area contributed by atoms with Gasteiger partial charge in [-0.2, -0.15) is 5.48 Å². The van der Waals surface area contributed by atoms with Crippen molar-refractivity contribution in [2.24, 2.45) is 5.73 Å². The zero-order valence-electron chi connectivity index (χ0n) is 10.9. The molecule has 0 radical (unpaired) electrons. The zero-order chi connectivity index (χ0) is 13.5. The number of hydrogen-bond donors (Lipinski definition) is 3. The third-order valence-corrected chi connectivity index (χ3v) is 3.28. The lowest BCUT2D eigenvalue weighted by atomic mass is 10.2. The number of fused-ring (bicyclic) bond motifs is 1. The average molecular weight is 281 g/mol. The van der Waals surface area contributed by atoms with Crippen LogP contribution in [0.3, 0.4) is 0 Å². The SMILES string of the molecule is CCCCNOOSc1cc2ccc(CN)cc2[nH]1. The van der Waals surface area contributed by atoms with Gasteiger partial charge >= 0.3 is 0 Å². The first kappa shape index (κ1) is 14.4. The van der Waals surface area contributed by atoms with E-state index in [1.54, 1.807) is 0 Å². The van der Waals surface area contributed by atoms with Crippen LogP contribution >= 0.6 is 12.0 Å². The monoisotopic (exact) mass is 281 g/mol. The van der Waals surface area contributed by atoms with E-state index >= 15 is 0 Å². The lowest BCUT2D eigenvalue weighted by Gasteiger charge is -2.01. The Hall–Kier alpha value is -1.05. The number of unbranched alkanes of at least 4 members (excludes halogenated alkanes) is 1. The summed E-state index contributed by atoms with van der Waals surface area (Å²) >= 11 is 1.15. The predicted molar refractivity (Wildman–Crippen MR) is 77.1 cm³/mol. The molecular formula is C13H19N3O2S. The minimum absolute atomic E-state index is 0.540. The summed E-state index contributed by atoms with van der Waals surface area (Å²) in [7, 11) is 0. The Morgan fingerprint density at radius 2 is 2.26 bits per heavy atom. The standard InChI is InChI=1S/C13H19N3O2S/c1-2-3-6-15-17-18-19-13-8-11-5-4-10(9-14)7-12(11)16-13/h4-5,7-8,15-16H,2-3,6,9,14H2,1H3. The molecule has 0 bridgehead atoms. The summed E-state index contributed by atoms with van der Waals surface area (Å²) < 4.78 is 5.00. The Bertz CT molecular complexity index is 516. The fourth-order valence-electron chi connectivity index (χ4n) is 1.69. The van der Waals surface area contributed by atoms with E-state index in [9.17, 15) is 0 Å². The van der Waals surface area contributed by atoms with Gasteiger partial charge in [-0.1, -0.05) is 25.5 Å². The second kappa shape index (κ2) is 7.52. The number of nitrogens with one attached hydrogen (secondary N) is 2. The smallest absolute Gasteiger partial charge is 0.104 e. The van der Waals surface area contributed by atoms with Gasteiger partial charge in [-0.15, -0.1) is 9.32 Å². The van der Waals surface area contributed by atoms with Crippen molar-refractivity contribution in [1.82, 2.24) is 10.5 Å². The van der Waals surface area contributed by atoms with Gasteiger partial charge in [0, 0.05) is 24.0 Å². The highest BCUT2D eigenvalue weighted by Crippen LogP contribution is 2.24. The molecule has 104 valence electrons. The maximum Gasteiger partial charge on any atom is 0.104 e. The molecule has 5 nitrogen and oxygen atoms in total. The molecule has 4 N–H and O–H groups in total. The summed E-state index contributed by atoms with van der Waals surface area (Å²) in [5.41, 5.74) is 10.5. The van der Waals surface area contributed by atoms with Crippen molar-refractivity contribution in [3.05, 3.63) is 29.8 Å². The minimum atomic E-state index is 0.540. The van der Waals surface area contributed by atoms with Crippen molar-refractivity contribution in [3.63, 3.8) is 0 Å². The maximum absolute atomic E-state index is 5.61. The number of aromatic amines is 1. The van der Waals surface area contributed by atoms with Gasteiger partial charge in [-0.05, 0) is 24.1 Å². The van der Waals surface area contributed by atoms with Crippen molar-refractivity contribution in [2.45, 2.75) is 31.3 Å². The van der Waals surface area contributed by atoms with Crippen LogP contribution < -0.4 is 11.2 Å². The maximum atomic E-state index is 5.61. The van der Waals surface area contributed by atoms with E-state index in [4.69, 9.17) is 15.1 Å². The molecule has 1 aromatic carbocycles. The van der Waals surface area contributed by atoms with E-state index in [0.717, 1.165) is 52.9 Å². The molecule has 2 aromatic rings. The Balaban J connectivity index is 1.84. The van der Waals surface area contributed by atoms with Gasteiger partial charge in [-0.25, -0.2) is 0 Å². The number of hydroxylamine groups is 1. The molecule has 0 spiro atoms. The lowest BCUT2D eigenvalue weighted by molar-refractivity contribution is -0.244. The third-order valence-electron chi connectivity index (χ3n) is 2.75. The molecule has 19 heavy (non-hydrogen) atoms. The summed E-state index contributed by atoms with van der Waals surface area (Å²) in [6.07, 6.45) is 2.18. The lowest BCUT2D eigenvalue weighted by Crippen LogP contribution is -2.14. The molecule has 0 saturated carbocycles. The van der Waals surface area contributed by atoms with E-state index < -0.39 is 0 Å². The Labute approximate surface area is 116 Å². The first-order chi connectivity index (χ1) is 9.33. The van der Waals surface area contributed by atoms with Crippen LogP contribution in [0.4, 0.5) is 0 Å². The van der Waals surface area contributed by atoms with Crippen molar-refractivity contribution in [2.75, 3.05) is 6.54 Å². The molecule has 0 aliphatic rings. The molecule has 0 aliphatic heterocycles. The van der Waals surface area contributed by atoms with Gasteiger partial charge in [-0.3, -0.25) is 0 Å². The van der Waals surface area contributed by atoms with Crippen molar-refractivity contribution in [3.8, 4) is 0 Å². The number of nitrogens with two attached hydrogens (primary N) is 1. The molecule has 0 amide bonds. The summed E-state index contributed by atoms with van der Waals surface area (Å²) in [6.45, 7) is 3.44. The predicted octanol–water partition coefficient (Wildman–Crippen LogP) is 2.89. The quantitative estimate of drug-likeness (QED) is 0.300. The van der Waals surface area contributed by atoms with E-state index in [0.29, 0.717) is 6.54 Å². The van der Waals surface area contributed by atoms with Crippen LogP contribution in [0.5, 0.6) is 0 Å². The normalized spacial score (nSPS) is 11.3. The molecule has 0 unspecified atom stereocenters. The molecule has 0 aliphatic carbocycles. The number of benzene rings is 1. The zero-order valence-corrected chi connectivity index (χ0v) is 11.8. The average Bonchev–Trinajstić information content (AvgIpc) is 2.84. The minimum Gasteiger partial charge on any atom is -0.348 e. The van der Waals surface area contributed by atoms with E-state index in [2.05, 4.69) is 17.4 Å². The van der Waals surface area contributed by atoms with E-state index in [1.165, 1.54) is 0 Å². The van der Waals surface area contributed by atoms with Crippen LogP contribution in [0.1, 0.15) is 25.3 Å². The molecule has 0 atom stereocenters. The highest BCUT2D eigenvalue weighted by Gasteiger charge is 2.03. The van der Waals surface area contributed by atoms with Crippen LogP contribution in [0.2, 0.25) is 0 Å². The van der Waals surface area contributed by atoms with Gasteiger partial charge < -0.3 is 10.7 Å². The van der Waals surface area contributed by atoms with E-state index in [1.807, 2.05) is 24.3 Å². The summed E-state index contributed by atoms with van der Waals surface area (Å²) in [4.78, 5) is 8.10. The molecule has 1 heterocycles. The fourth-order valence-corrected chi connectivity index (χ4v) is 2.17. The highest BCUT2D eigenvalue weighted by molar-refractivity contribution is 7.94. The van der Waals surface area contributed by atoms with Gasteiger partial charge in [0.15, 0.2) is 0 Å². The van der Waals surface area contributed by atoms with Crippen LogP contribution in [-0.2, 0) is 15.9 Å². The first-order valence-corrected chi connectivity index (χ1v) is 7.12. The van der Waals surface area contributed by atoms with Gasteiger partial charge in [0.25, 0.3) is 0 Å². The number of rotatable bonds is 8. The number of aromatic nitrogens is 1. The van der Waals surface area contributed by atoms with Crippen molar-refractivity contribution >= 4 is 22.9 Å². The Kier molecular flexibility index (Phi) is 5.68. The topological polar surface area (TPSA) is 72.3 Å². The number of H-pyrrole nitrogens is 1.